The maximum Gasteiger partial charge on any atom is 0.434 e. The molecule has 2 rings (SSSR count). The summed E-state index contributed by atoms with van der Waals surface area (Å²) < 4.78 is 76.0. The van der Waals surface area contributed by atoms with Crippen LogP contribution in [0.2, 0.25) is 0 Å². The Hall–Kier alpha value is -2.37. The highest BCUT2D eigenvalue weighted by Gasteiger charge is 2.36. The van der Waals surface area contributed by atoms with Gasteiger partial charge in [-0.05, 0) is 6.07 Å². The molecule has 0 unspecified atom stereocenters. The maximum absolute atomic E-state index is 12.9. The number of thiazole rings is 1. The highest BCUT2D eigenvalue weighted by molar-refractivity contribution is 7.13. The molecular weight excluding hydrogens is 352 g/mol. The molecule has 0 saturated carbocycles. The zero-order chi connectivity index (χ0) is 17.4. The summed E-state index contributed by atoms with van der Waals surface area (Å²) in [6.45, 7) is 0. The van der Waals surface area contributed by atoms with Crippen LogP contribution in [0.25, 0.3) is 0 Å². The van der Waals surface area contributed by atoms with Crippen molar-refractivity contribution in [3.8, 4) is 0 Å². The SMILES string of the molecule is O=[N+]([O-])c1ccc(Nc2nc(C(F)(F)F)cs2)c(C(F)(F)F)c1. The number of non-ortho nitro benzene ring substituents is 1. The van der Waals surface area contributed by atoms with Crippen LogP contribution in [0.15, 0.2) is 23.6 Å². The number of nitrogens with zero attached hydrogens (tertiary/aromatic N) is 2. The van der Waals surface area contributed by atoms with Gasteiger partial charge in [0.2, 0.25) is 0 Å². The first-order valence-corrected chi connectivity index (χ1v) is 6.52. The summed E-state index contributed by atoms with van der Waals surface area (Å²) in [5.74, 6) is 0. The van der Waals surface area contributed by atoms with Crippen LogP contribution in [0.4, 0.5) is 42.8 Å². The lowest BCUT2D eigenvalue weighted by Gasteiger charge is -2.12. The van der Waals surface area contributed by atoms with Crippen molar-refractivity contribution >= 4 is 27.8 Å². The molecule has 12 heteroatoms. The van der Waals surface area contributed by atoms with E-state index < -0.39 is 45.0 Å². The third kappa shape index (κ3) is 3.88. The molecule has 0 spiro atoms. The summed E-state index contributed by atoms with van der Waals surface area (Å²) >= 11 is 0.458. The van der Waals surface area contributed by atoms with Gasteiger partial charge in [0, 0.05) is 17.5 Å². The van der Waals surface area contributed by atoms with E-state index in [4.69, 9.17) is 0 Å². The zero-order valence-electron chi connectivity index (χ0n) is 10.7. The van der Waals surface area contributed by atoms with Crippen molar-refractivity contribution in [2.75, 3.05) is 5.32 Å². The smallest absolute Gasteiger partial charge is 0.331 e. The Balaban J connectivity index is 2.39. The fourth-order valence-corrected chi connectivity index (χ4v) is 2.30. The average molecular weight is 357 g/mol. The molecule has 0 saturated heterocycles. The molecule has 5 nitrogen and oxygen atoms in total. The van der Waals surface area contributed by atoms with E-state index in [1.165, 1.54) is 0 Å². The van der Waals surface area contributed by atoms with E-state index in [0.717, 1.165) is 12.1 Å². The Morgan fingerprint density at radius 3 is 2.26 bits per heavy atom. The summed E-state index contributed by atoms with van der Waals surface area (Å²) in [7, 11) is 0. The van der Waals surface area contributed by atoms with Gasteiger partial charge in [-0.25, -0.2) is 4.98 Å². The number of nitrogens with one attached hydrogen (secondary N) is 1. The van der Waals surface area contributed by atoms with Crippen molar-refractivity contribution in [1.29, 1.82) is 0 Å². The molecule has 1 aromatic carbocycles. The van der Waals surface area contributed by atoms with Crippen molar-refractivity contribution in [2.24, 2.45) is 0 Å². The van der Waals surface area contributed by atoms with Crippen LogP contribution in [-0.2, 0) is 12.4 Å². The van der Waals surface area contributed by atoms with Crippen LogP contribution in [0, 0.1) is 10.1 Å². The summed E-state index contributed by atoms with van der Waals surface area (Å²) in [6.07, 6.45) is -9.66. The van der Waals surface area contributed by atoms with Gasteiger partial charge in [-0.1, -0.05) is 0 Å². The van der Waals surface area contributed by atoms with Gasteiger partial charge in [0.1, 0.15) is 0 Å². The molecule has 0 fully saturated rings. The van der Waals surface area contributed by atoms with Gasteiger partial charge in [-0.3, -0.25) is 10.1 Å². The lowest BCUT2D eigenvalue weighted by atomic mass is 10.1. The normalized spacial score (nSPS) is 12.3. The summed E-state index contributed by atoms with van der Waals surface area (Å²) in [5.41, 5.74) is -4.06. The van der Waals surface area contributed by atoms with Crippen LogP contribution < -0.4 is 5.32 Å². The van der Waals surface area contributed by atoms with E-state index in [0.29, 0.717) is 22.8 Å². The molecule has 0 aliphatic rings. The van der Waals surface area contributed by atoms with Crippen LogP contribution in [0.3, 0.4) is 0 Å². The highest BCUT2D eigenvalue weighted by atomic mass is 32.1. The van der Waals surface area contributed by atoms with Crippen LogP contribution in [0.1, 0.15) is 11.3 Å². The minimum atomic E-state index is -4.93. The van der Waals surface area contributed by atoms with E-state index >= 15 is 0 Å². The second-order valence-electron chi connectivity index (χ2n) is 4.15. The van der Waals surface area contributed by atoms with Crippen molar-refractivity contribution in [2.45, 2.75) is 12.4 Å². The van der Waals surface area contributed by atoms with E-state index in [-0.39, 0.29) is 0 Å². The monoisotopic (exact) mass is 357 g/mol. The number of hydrogen-bond acceptors (Lipinski definition) is 5. The molecule has 0 atom stereocenters. The second-order valence-corrected chi connectivity index (χ2v) is 5.00. The number of rotatable bonds is 3. The van der Waals surface area contributed by atoms with Crippen LogP contribution in [0.5, 0.6) is 0 Å². The van der Waals surface area contributed by atoms with E-state index in [1.807, 2.05) is 0 Å². The van der Waals surface area contributed by atoms with Gasteiger partial charge < -0.3 is 5.32 Å². The number of nitro groups is 1. The number of halogens is 6. The quantitative estimate of drug-likeness (QED) is 0.485. The second kappa shape index (κ2) is 5.68. The summed E-state index contributed by atoms with van der Waals surface area (Å²) in [6, 6.07) is 1.85. The number of alkyl halides is 6. The van der Waals surface area contributed by atoms with Crippen molar-refractivity contribution < 1.29 is 31.3 Å². The molecule has 0 radical (unpaired) electrons. The molecule has 23 heavy (non-hydrogen) atoms. The molecular formula is C11H5F6N3O2S. The third-order valence-electron chi connectivity index (χ3n) is 2.56. The van der Waals surface area contributed by atoms with Gasteiger partial charge in [0.05, 0.1) is 16.2 Å². The number of anilines is 2. The van der Waals surface area contributed by atoms with Gasteiger partial charge in [-0.2, -0.15) is 26.3 Å². The molecule has 0 aliphatic heterocycles. The van der Waals surface area contributed by atoms with E-state index in [2.05, 4.69) is 10.3 Å². The predicted octanol–water partition coefficient (Wildman–Crippen LogP) is 4.83. The van der Waals surface area contributed by atoms with Gasteiger partial charge in [0.15, 0.2) is 10.8 Å². The number of aromatic nitrogens is 1. The molecule has 2 aromatic rings. The molecule has 1 aromatic heterocycles. The first-order valence-electron chi connectivity index (χ1n) is 5.64. The Kier molecular flexibility index (Phi) is 4.20. The average Bonchev–Trinajstić information content (AvgIpc) is 2.86. The molecule has 0 amide bonds. The Morgan fingerprint density at radius 2 is 1.78 bits per heavy atom. The zero-order valence-corrected chi connectivity index (χ0v) is 11.5. The first kappa shape index (κ1) is 17.0. The molecule has 0 bridgehead atoms. The number of benzene rings is 1. The van der Waals surface area contributed by atoms with Crippen LogP contribution in [-0.4, -0.2) is 9.91 Å². The topological polar surface area (TPSA) is 68.1 Å². The van der Waals surface area contributed by atoms with Gasteiger partial charge in [0.25, 0.3) is 5.69 Å². The fraction of sp³-hybridized carbons (Fsp3) is 0.182. The Labute approximate surface area is 127 Å². The molecule has 1 heterocycles. The van der Waals surface area contributed by atoms with Crippen LogP contribution >= 0.6 is 11.3 Å². The van der Waals surface area contributed by atoms with Gasteiger partial charge in [-0.15, -0.1) is 11.3 Å². The summed E-state index contributed by atoms with van der Waals surface area (Å²) in [5, 5.41) is 12.9. The summed E-state index contributed by atoms with van der Waals surface area (Å²) in [4.78, 5) is 12.7. The number of nitro benzene ring substituents is 1. The van der Waals surface area contributed by atoms with E-state index in [1.54, 1.807) is 0 Å². The minimum Gasteiger partial charge on any atom is -0.331 e. The van der Waals surface area contributed by atoms with Gasteiger partial charge >= 0.3 is 12.4 Å². The molecule has 124 valence electrons. The lowest BCUT2D eigenvalue weighted by Crippen LogP contribution is -2.10. The minimum absolute atomic E-state index is 0.292. The van der Waals surface area contributed by atoms with Crippen molar-refractivity contribution in [3.05, 3.63) is 45.0 Å². The maximum atomic E-state index is 12.9. The number of hydrogen-bond donors (Lipinski definition) is 1. The Bertz CT molecular complexity index is 740. The first-order chi connectivity index (χ1) is 10.5. The van der Waals surface area contributed by atoms with Crippen molar-refractivity contribution in [1.82, 2.24) is 4.98 Å². The largest absolute Gasteiger partial charge is 0.434 e. The standard InChI is InChI=1S/C11H5F6N3O2S/c12-10(13,14)6-3-5(20(21)22)1-2-7(6)18-9-19-8(4-23-9)11(15,16)17/h1-4H,(H,18,19). The molecule has 0 aliphatic carbocycles. The third-order valence-corrected chi connectivity index (χ3v) is 3.31. The Morgan fingerprint density at radius 1 is 1.13 bits per heavy atom. The van der Waals surface area contributed by atoms with E-state index in [9.17, 15) is 36.5 Å². The predicted molar refractivity (Wildman–Crippen MR) is 68.5 cm³/mol. The fourth-order valence-electron chi connectivity index (χ4n) is 1.57. The lowest BCUT2D eigenvalue weighted by molar-refractivity contribution is -0.385. The molecule has 1 N–H and O–H groups in total. The van der Waals surface area contributed by atoms with Crippen molar-refractivity contribution in [3.63, 3.8) is 0 Å². The highest BCUT2D eigenvalue weighted by Crippen LogP contribution is 2.39.